The summed E-state index contributed by atoms with van der Waals surface area (Å²) in [5.74, 6) is -1.12. The minimum absolute atomic E-state index is 0.0108. The van der Waals surface area contributed by atoms with Crippen molar-refractivity contribution in [3.8, 4) is 0 Å². The number of aryl methyl sites for hydroxylation is 1. The largest absolute Gasteiger partial charge is 0.458 e. The number of thiazole rings is 1. The predicted octanol–water partition coefficient (Wildman–Crippen LogP) is 4.34. The maximum atomic E-state index is 13.2. The van der Waals surface area contributed by atoms with Crippen LogP contribution in [0.3, 0.4) is 0 Å². The van der Waals surface area contributed by atoms with Gasteiger partial charge in [-0.1, -0.05) is 34.1 Å². The van der Waals surface area contributed by atoms with Gasteiger partial charge in [0, 0.05) is 23.6 Å². The number of ether oxygens (including phenoxy) is 2. The Morgan fingerprint density at radius 1 is 1.23 bits per heavy atom. The van der Waals surface area contributed by atoms with E-state index in [2.05, 4.69) is 4.98 Å². The SMILES string of the molecule is C/C(=C\c1csc(C)n1)C1CC2OCC2CCCC(C)C(O)C(C)C(=O)C(C)(C)C(O)CC(=O)O1. The number of aliphatic hydroxyl groups is 2. The zero-order chi connectivity index (χ0) is 25.9. The maximum absolute atomic E-state index is 13.2. The number of ketones is 1. The van der Waals surface area contributed by atoms with E-state index in [1.54, 1.807) is 32.1 Å². The van der Waals surface area contributed by atoms with Crippen molar-refractivity contribution in [2.45, 2.75) is 98.1 Å². The number of esters is 1. The van der Waals surface area contributed by atoms with Gasteiger partial charge in [-0.25, -0.2) is 4.98 Å². The Labute approximate surface area is 212 Å². The molecule has 0 aromatic carbocycles. The van der Waals surface area contributed by atoms with Crippen LogP contribution < -0.4 is 0 Å². The molecule has 7 nitrogen and oxygen atoms in total. The highest BCUT2D eigenvalue weighted by Gasteiger charge is 2.43. The first-order chi connectivity index (χ1) is 16.4. The number of hydrogen-bond donors (Lipinski definition) is 2. The van der Waals surface area contributed by atoms with E-state index in [1.165, 1.54) is 0 Å². The van der Waals surface area contributed by atoms with E-state index < -0.39 is 35.6 Å². The molecule has 196 valence electrons. The first-order valence-corrected chi connectivity index (χ1v) is 13.6. The number of aliphatic hydroxyl groups excluding tert-OH is 2. The smallest absolute Gasteiger partial charge is 0.309 e. The van der Waals surface area contributed by atoms with Gasteiger partial charge < -0.3 is 19.7 Å². The summed E-state index contributed by atoms with van der Waals surface area (Å²) in [6.45, 7) is 11.5. The summed E-state index contributed by atoms with van der Waals surface area (Å²) in [6.07, 6.45) is 2.33. The summed E-state index contributed by atoms with van der Waals surface area (Å²) >= 11 is 1.56. The van der Waals surface area contributed by atoms with Crippen molar-refractivity contribution in [2.24, 2.45) is 23.2 Å². The van der Waals surface area contributed by atoms with Gasteiger partial charge in [0.15, 0.2) is 0 Å². The average Bonchev–Trinajstić information content (AvgIpc) is 3.20. The molecule has 1 aromatic rings. The summed E-state index contributed by atoms with van der Waals surface area (Å²) in [6, 6.07) is 0. The molecule has 3 rings (SSSR count). The van der Waals surface area contributed by atoms with Gasteiger partial charge in [-0.2, -0.15) is 0 Å². The van der Waals surface area contributed by atoms with Crippen LogP contribution >= 0.6 is 11.3 Å². The van der Waals surface area contributed by atoms with Crippen LogP contribution in [-0.4, -0.2) is 58.0 Å². The van der Waals surface area contributed by atoms with E-state index in [1.807, 2.05) is 32.2 Å². The molecule has 7 atom stereocenters. The molecule has 2 N–H and O–H groups in total. The van der Waals surface area contributed by atoms with Crippen LogP contribution in [0.4, 0.5) is 0 Å². The first kappa shape index (κ1) is 28.0. The zero-order valence-electron chi connectivity index (χ0n) is 21.8. The van der Waals surface area contributed by atoms with Crippen molar-refractivity contribution in [3.05, 3.63) is 21.7 Å². The molecule has 2 aliphatic rings. The normalized spacial score (nSPS) is 35.7. The summed E-state index contributed by atoms with van der Waals surface area (Å²) in [5, 5.41) is 24.6. The fourth-order valence-corrected chi connectivity index (χ4v) is 5.67. The molecule has 2 aliphatic heterocycles. The molecule has 1 aromatic heterocycles. The Balaban J connectivity index is 1.84. The lowest BCUT2D eigenvalue weighted by Gasteiger charge is -2.40. The minimum Gasteiger partial charge on any atom is -0.458 e. The highest BCUT2D eigenvalue weighted by molar-refractivity contribution is 7.09. The summed E-state index contributed by atoms with van der Waals surface area (Å²) in [7, 11) is 0. The molecule has 8 heteroatoms. The molecule has 3 heterocycles. The van der Waals surface area contributed by atoms with Crippen molar-refractivity contribution in [1.29, 1.82) is 0 Å². The third-order valence-corrected chi connectivity index (χ3v) is 8.65. The number of hydrogen-bond acceptors (Lipinski definition) is 8. The van der Waals surface area contributed by atoms with Gasteiger partial charge in [0.2, 0.25) is 0 Å². The third-order valence-electron chi connectivity index (χ3n) is 7.86. The minimum atomic E-state index is -1.22. The number of Topliss-reactive ketones (excluding diaryl/α,β-unsaturated/α-hetero) is 1. The molecular formula is C27H41NO6S. The Morgan fingerprint density at radius 2 is 1.94 bits per heavy atom. The second-order valence-electron chi connectivity index (χ2n) is 11.0. The third kappa shape index (κ3) is 6.79. The number of fused-ring (bicyclic) bond motifs is 1. The lowest BCUT2D eigenvalue weighted by Crippen LogP contribution is -2.46. The number of cyclic esters (lactones) is 1. The van der Waals surface area contributed by atoms with Crippen LogP contribution in [0.2, 0.25) is 0 Å². The molecule has 35 heavy (non-hydrogen) atoms. The summed E-state index contributed by atoms with van der Waals surface area (Å²) in [4.78, 5) is 30.6. The topological polar surface area (TPSA) is 106 Å². The molecule has 0 bridgehead atoms. The molecule has 0 saturated carbocycles. The van der Waals surface area contributed by atoms with Crippen LogP contribution in [-0.2, 0) is 19.1 Å². The van der Waals surface area contributed by atoms with E-state index in [0.717, 1.165) is 35.5 Å². The van der Waals surface area contributed by atoms with E-state index in [0.29, 0.717) is 18.9 Å². The van der Waals surface area contributed by atoms with Crippen LogP contribution in [0.25, 0.3) is 6.08 Å². The van der Waals surface area contributed by atoms with E-state index >= 15 is 0 Å². The predicted molar refractivity (Wildman–Crippen MR) is 136 cm³/mol. The Hall–Kier alpha value is -1.61. The van der Waals surface area contributed by atoms with Gasteiger partial charge in [-0.15, -0.1) is 11.3 Å². The van der Waals surface area contributed by atoms with Crippen molar-refractivity contribution in [1.82, 2.24) is 4.98 Å². The summed E-state index contributed by atoms with van der Waals surface area (Å²) < 4.78 is 11.7. The van der Waals surface area contributed by atoms with Gasteiger partial charge in [0.05, 0.1) is 47.5 Å². The molecule has 0 radical (unpaired) electrons. The first-order valence-electron chi connectivity index (χ1n) is 12.7. The quantitative estimate of drug-likeness (QED) is 0.574. The molecule has 2 fully saturated rings. The van der Waals surface area contributed by atoms with Crippen LogP contribution in [0.15, 0.2) is 11.0 Å². The molecular weight excluding hydrogens is 466 g/mol. The Morgan fingerprint density at radius 3 is 2.54 bits per heavy atom. The number of carbonyl (C=O) groups is 2. The molecule has 7 unspecified atom stereocenters. The van der Waals surface area contributed by atoms with Gasteiger partial charge in [0.25, 0.3) is 0 Å². The highest BCUT2D eigenvalue weighted by Crippen LogP contribution is 2.35. The zero-order valence-corrected chi connectivity index (χ0v) is 22.6. The fraction of sp³-hybridized carbons (Fsp3) is 0.741. The Bertz CT molecular complexity index is 925. The highest BCUT2D eigenvalue weighted by atomic mass is 32.1. The van der Waals surface area contributed by atoms with Crippen LogP contribution in [0.1, 0.15) is 77.4 Å². The molecule has 0 amide bonds. The number of nitrogens with zero attached hydrogens (tertiary/aromatic N) is 1. The average molecular weight is 508 g/mol. The molecule has 0 spiro atoms. The number of rotatable bonds is 2. The van der Waals surface area contributed by atoms with Gasteiger partial charge in [0.1, 0.15) is 11.9 Å². The fourth-order valence-electron chi connectivity index (χ4n) is 5.10. The van der Waals surface area contributed by atoms with Crippen molar-refractivity contribution >= 4 is 29.2 Å². The second-order valence-corrected chi connectivity index (χ2v) is 12.1. The summed E-state index contributed by atoms with van der Waals surface area (Å²) in [5.41, 5.74) is 0.499. The van der Waals surface area contributed by atoms with Crippen molar-refractivity contribution in [3.63, 3.8) is 0 Å². The van der Waals surface area contributed by atoms with E-state index in [4.69, 9.17) is 9.47 Å². The lowest BCUT2D eigenvalue weighted by molar-refractivity contribution is -0.162. The van der Waals surface area contributed by atoms with Crippen LogP contribution in [0.5, 0.6) is 0 Å². The number of carbonyl (C=O) groups excluding carboxylic acids is 2. The maximum Gasteiger partial charge on any atom is 0.309 e. The van der Waals surface area contributed by atoms with Gasteiger partial charge >= 0.3 is 5.97 Å². The van der Waals surface area contributed by atoms with Gasteiger partial charge in [-0.3, -0.25) is 9.59 Å². The molecule has 0 aliphatic carbocycles. The van der Waals surface area contributed by atoms with Crippen molar-refractivity contribution in [2.75, 3.05) is 6.61 Å². The molecule has 2 saturated heterocycles. The van der Waals surface area contributed by atoms with E-state index in [-0.39, 0.29) is 24.2 Å². The number of aromatic nitrogens is 1. The van der Waals surface area contributed by atoms with Gasteiger partial charge in [-0.05, 0) is 44.3 Å². The second kappa shape index (κ2) is 11.6. The lowest BCUT2D eigenvalue weighted by atomic mass is 9.73. The van der Waals surface area contributed by atoms with Crippen LogP contribution in [0, 0.1) is 30.1 Å². The standard InChI is InChI=1S/C27H41NO6S/c1-15-8-7-9-19-13-33-22(19)11-21(16(2)10-20-14-35-18(4)28-20)34-24(30)12-23(29)27(5,6)26(32)17(3)25(15)31/h10,14-15,17,19,21-23,25,29,31H,7-9,11-13H2,1-6H3/b16-10+. The van der Waals surface area contributed by atoms with Crippen molar-refractivity contribution < 1.29 is 29.3 Å². The monoisotopic (exact) mass is 507 g/mol. The Kier molecular flexibility index (Phi) is 9.29. The van der Waals surface area contributed by atoms with E-state index in [9.17, 15) is 19.8 Å².